The molecule has 5 heteroatoms. The number of nitrogens with zero attached hydrogens (tertiary/aromatic N) is 3. The van der Waals surface area contributed by atoms with Gasteiger partial charge in [-0.3, -0.25) is 9.69 Å². The highest BCUT2D eigenvalue weighted by molar-refractivity contribution is 5.81. The lowest BCUT2D eigenvalue weighted by Crippen LogP contribution is -2.54. The Kier molecular flexibility index (Phi) is 6.10. The molecule has 1 rings (SSSR count). The summed E-state index contributed by atoms with van der Waals surface area (Å²) in [5.74, 6) is -0.623. The molecule has 1 N–H and O–H groups in total. The highest BCUT2D eigenvalue weighted by atomic mass is 16.1. The average Bonchev–Trinajstić information content (AvgIpc) is 2.36. The van der Waals surface area contributed by atoms with E-state index in [-0.39, 0.29) is 5.91 Å². The van der Waals surface area contributed by atoms with Crippen molar-refractivity contribution in [3.05, 3.63) is 0 Å². The van der Waals surface area contributed by atoms with Gasteiger partial charge in [-0.25, -0.2) is 0 Å². The van der Waals surface area contributed by atoms with Crippen LogP contribution in [0.15, 0.2) is 0 Å². The zero-order chi connectivity index (χ0) is 13.5. The zero-order valence-corrected chi connectivity index (χ0v) is 11.6. The molecule has 1 fully saturated rings. The molecule has 1 aliphatic heterocycles. The Balaban J connectivity index is 2.39. The van der Waals surface area contributed by atoms with Gasteiger partial charge in [-0.15, -0.1) is 0 Å². The summed E-state index contributed by atoms with van der Waals surface area (Å²) in [4.78, 5) is 16.4. The Hall–Kier alpha value is -1.12. The van der Waals surface area contributed by atoms with Crippen LogP contribution in [-0.2, 0) is 4.79 Å². The van der Waals surface area contributed by atoms with E-state index >= 15 is 0 Å². The number of likely N-dealkylation sites (N-methyl/N-ethyl adjacent to an activating group) is 2. The molecule has 0 saturated carbocycles. The number of rotatable bonds is 5. The van der Waals surface area contributed by atoms with Crippen LogP contribution in [0.25, 0.3) is 0 Å². The second-order valence-electron chi connectivity index (χ2n) is 5.11. The van der Waals surface area contributed by atoms with Gasteiger partial charge in [-0.05, 0) is 20.5 Å². The summed E-state index contributed by atoms with van der Waals surface area (Å²) >= 11 is 0. The molecule has 5 nitrogen and oxygen atoms in total. The predicted octanol–water partition coefficient (Wildman–Crippen LogP) is 0.288. The van der Waals surface area contributed by atoms with Crippen molar-refractivity contribution in [2.24, 2.45) is 5.92 Å². The van der Waals surface area contributed by atoms with Gasteiger partial charge < -0.3 is 10.2 Å². The minimum atomic E-state index is -0.498. The van der Waals surface area contributed by atoms with E-state index in [9.17, 15) is 4.79 Å². The quantitative estimate of drug-likeness (QED) is 0.764. The van der Waals surface area contributed by atoms with Crippen LogP contribution in [0.4, 0.5) is 0 Å². The summed E-state index contributed by atoms with van der Waals surface area (Å²) in [6.07, 6.45) is 1.50. The van der Waals surface area contributed by atoms with Gasteiger partial charge in [0.15, 0.2) is 0 Å². The summed E-state index contributed by atoms with van der Waals surface area (Å²) in [5, 5.41) is 11.8. The first-order valence-electron chi connectivity index (χ1n) is 6.64. The van der Waals surface area contributed by atoms with Gasteiger partial charge in [0.25, 0.3) is 0 Å². The van der Waals surface area contributed by atoms with Crippen molar-refractivity contribution in [3.63, 3.8) is 0 Å². The Morgan fingerprint density at radius 2 is 2.22 bits per heavy atom. The topological polar surface area (TPSA) is 59.4 Å². The first-order valence-corrected chi connectivity index (χ1v) is 6.64. The highest BCUT2D eigenvalue weighted by Gasteiger charge is 2.24. The molecule has 0 aliphatic carbocycles. The third-order valence-corrected chi connectivity index (χ3v) is 3.54. The molecule has 0 bridgehead atoms. The van der Waals surface area contributed by atoms with E-state index in [0.717, 1.165) is 26.1 Å². The third kappa shape index (κ3) is 4.28. The summed E-state index contributed by atoms with van der Waals surface area (Å²) in [7, 11) is 4.18. The van der Waals surface area contributed by atoms with Gasteiger partial charge >= 0.3 is 0 Å². The minimum absolute atomic E-state index is 0.124. The molecular weight excluding hydrogens is 228 g/mol. The molecule has 1 amide bonds. The molecule has 102 valence electrons. The van der Waals surface area contributed by atoms with E-state index in [1.54, 1.807) is 0 Å². The normalized spacial score (nSPS) is 23.3. The summed E-state index contributed by atoms with van der Waals surface area (Å²) in [6, 6.07) is 2.42. The smallest absolute Gasteiger partial charge is 0.237 e. The fourth-order valence-electron chi connectivity index (χ4n) is 2.21. The Bertz CT molecular complexity index is 313. The van der Waals surface area contributed by atoms with Gasteiger partial charge in [-0.2, -0.15) is 5.26 Å². The van der Waals surface area contributed by atoms with E-state index in [1.165, 1.54) is 0 Å². The lowest BCUT2D eigenvalue weighted by atomic mass is 10.0. The number of carbonyl (C=O) groups is 1. The van der Waals surface area contributed by atoms with Crippen LogP contribution in [0, 0.1) is 17.2 Å². The largest absolute Gasteiger partial charge is 0.353 e. The maximum atomic E-state index is 11.8. The maximum absolute atomic E-state index is 11.8. The van der Waals surface area contributed by atoms with Crippen molar-refractivity contribution >= 4 is 5.91 Å². The number of hydrogen-bond donors (Lipinski definition) is 1. The predicted molar refractivity (Wildman–Crippen MR) is 70.9 cm³/mol. The number of hydrogen-bond acceptors (Lipinski definition) is 4. The number of nitriles is 1. The van der Waals surface area contributed by atoms with Crippen LogP contribution in [0.3, 0.4) is 0 Å². The Morgan fingerprint density at radius 3 is 2.83 bits per heavy atom. The average molecular weight is 252 g/mol. The van der Waals surface area contributed by atoms with Crippen LogP contribution in [0.5, 0.6) is 0 Å². The molecular formula is C13H24N4O. The van der Waals surface area contributed by atoms with Crippen molar-refractivity contribution in [2.45, 2.75) is 25.8 Å². The van der Waals surface area contributed by atoms with E-state index < -0.39 is 5.92 Å². The van der Waals surface area contributed by atoms with Crippen LogP contribution >= 0.6 is 0 Å². The molecule has 1 aliphatic rings. The fraction of sp³-hybridized carbons (Fsp3) is 0.846. The molecule has 1 heterocycles. The molecule has 2 unspecified atom stereocenters. The van der Waals surface area contributed by atoms with E-state index in [0.29, 0.717) is 19.0 Å². The van der Waals surface area contributed by atoms with Gasteiger partial charge in [-0.1, -0.05) is 13.3 Å². The summed E-state index contributed by atoms with van der Waals surface area (Å²) in [5.41, 5.74) is 0. The van der Waals surface area contributed by atoms with E-state index in [4.69, 9.17) is 5.26 Å². The summed E-state index contributed by atoms with van der Waals surface area (Å²) < 4.78 is 0. The molecule has 0 aromatic rings. The van der Waals surface area contributed by atoms with Crippen LogP contribution in [0.2, 0.25) is 0 Å². The Morgan fingerprint density at radius 1 is 1.50 bits per heavy atom. The van der Waals surface area contributed by atoms with Crippen LogP contribution in [0.1, 0.15) is 19.8 Å². The van der Waals surface area contributed by atoms with Crippen molar-refractivity contribution in [2.75, 3.05) is 40.3 Å². The second kappa shape index (κ2) is 7.34. The molecule has 0 spiro atoms. The zero-order valence-electron chi connectivity index (χ0n) is 11.6. The Labute approximate surface area is 110 Å². The van der Waals surface area contributed by atoms with Gasteiger partial charge in [0.2, 0.25) is 5.91 Å². The van der Waals surface area contributed by atoms with Gasteiger partial charge in [0.05, 0.1) is 6.07 Å². The number of carbonyl (C=O) groups excluding carboxylic acids is 1. The van der Waals surface area contributed by atoms with Crippen molar-refractivity contribution in [1.82, 2.24) is 15.1 Å². The van der Waals surface area contributed by atoms with Gasteiger partial charge in [0, 0.05) is 32.2 Å². The lowest BCUT2D eigenvalue weighted by Gasteiger charge is -2.37. The second-order valence-corrected chi connectivity index (χ2v) is 5.11. The first kappa shape index (κ1) is 14.9. The van der Waals surface area contributed by atoms with Crippen molar-refractivity contribution < 1.29 is 4.79 Å². The SMILES string of the molecule is CCCC(C#N)C(=O)NCC1CN(C)CCN1C. The molecule has 0 aromatic carbocycles. The number of amides is 1. The van der Waals surface area contributed by atoms with E-state index in [2.05, 4.69) is 35.3 Å². The lowest BCUT2D eigenvalue weighted by molar-refractivity contribution is -0.123. The van der Waals surface area contributed by atoms with Crippen molar-refractivity contribution in [1.29, 1.82) is 5.26 Å². The number of piperazine rings is 1. The van der Waals surface area contributed by atoms with Crippen molar-refractivity contribution in [3.8, 4) is 6.07 Å². The van der Waals surface area contributed by atoms with Crippen LogP contribution < -0.4 is 5.32 Å². The standard InChI is InChI=1S/C13H24N4O/c1-4-5-11(8-14)13(18)15-9-12-10-16(2)6-7-17(12)3/h11-12H,4-7,9-10H2,1-3H3,(H,15,18). The maximum Gasteiger partial charge on any atom is 0.237 e. The minimum Gasteiger partial charge on any atom is -0.353 e. The molecule has 0 radical (unpaired) electrons. The fourth-order valence-corrected chi connectivity index (χ4v) is 2.21. The molecule has 2 atom stereocenters. The first-order chi connectivity index (χ1) is 8.58. The summed E-state index contributed by atoms with van der Waals surface area (Å²) in [6.45, 7) is 5.66. The van der Waals surface area contributed by atoms with Gasteiger partial charge in [0.1, 0.15) is 5.92 Å². The third-order valence-electron chi connectivity index (χ3n) is 3.54. The monoisotopic (exact) mass is 252 g/mol. The highest BCUT2D eigenvalue weighted by Crippen LogP contribution is 2.07. The number of nitrogens with one attached hydrogen (secondary N) is 1. The van der Waals surface area contributed by atoms with E-state index in [1.807, 2.05) is 6.92 Å². The molecule has 18 heavy (non-hydrogen) atoms. The van der Waals surface area contributed by atoms with Crippen LogP contribution in [-0.4, -0.2) is 62.0 Å². The molecule has 1 saturated heterocycles. The molecule has 0 aromatic heterocycles.